The van der Waals surface area contributed by atoms with Crippen LogP contribution in [0.5, 0.6) is 0 Å². The van der Waals surface area contributed by atoms with Gasteiger partial charge in [-0.05, 0) is 35.9 Å². The first-order valence-electron chi connectivity index (χ1n) is 5.99. The molecular formula is C16H9ClN2S. The maximum atomic E-state index is 9.35. The SMILES string of the molecule is N#CC(=Cc1cccc(Cl)c1)c1nc2ccccc2s1. The third-order valence-corrected chi connectivity index (χ3v) is 4.11. The second kappa shape index (κ2) is 5.46. The number of nitrogens with zero attached hydrogens (tertiary/aromatic N) is 2. The number of benzene rings is 2. The Hall–Kier alpha value is -2.15. The lowest BCUT2D eigenvalue weighted by Gasteiger charge is -1.96. The van der Waals surface area contributed by atoms with Gasteiger partial charge in [-0.15, -0.1) is 11.3 Å². The molecule has 0 atom stereocenters. The van der Waals surface area contributed by atoms with E-state index in [1.807, 2.05) is 54.6 Å². The molecule has 0 saturated heterocycles. The van der Waals surface area contributed by atoms with E-state index in [9.17, 15) is 5.26 Å². The predicted octanol–water partition coefficient (Wildman–Crippen LogP) is 5.01. The van der Waals surface area contributed by atoms with Crippen LogP contribution in [0, 0.1) is 11.3 Å². The monoisotopic (exact) mass is 296 g/mol. The fourth-order valence-electron chi connectivity index (χ4n) is 1.89. The van der Waals surface area contributed by atoms with Gasteiger partial charge in [0.25, 0.3) is 0 Å². The molecule has 0 aliphatic heterocycles. The Balaban J connectivity index is 2.07. The first-order chi connectivity index (χ1) is 9.76. The van der Waals surface area contributed by atoms with E-state index in [0.717, 1.165) is 20.8 Å². The maximum Gasteiger partial charge on any atom is 0.135 e. The lowest BCUT2D eigenvalue weighted by molar-refractivity contribution is 1.43. The fraction of sp³-hybridized carbons (Fsp3) is 0. The standard InChI is InChI=1S/C16H9ClN2S/c17-13-5-3-4-11(9-13)8-12(10-18)16-19-14-6-1-2-7-15(14)20-16/h1-9H. The summed E-state index contributed by atoms with van der Waals surface area (Å²) in [4.78, 5) is 4.50. The van der Waals surface area contributed by atoms with E-state index in [4.69, 9.17) is 11.6 Å². The lowest BCUT2D eigenvalue weighted by atomic mass is 10.1. The normalized spacial score (nSPS) is 11.5. The van der Waals surface area contributed by atoms with Crippen molar-refractivity contribution < 1.29 is 0 Å². The average molecular weight is 297 g/mol. The van der Waals surface area contributed by atoms with Crippen molar-refractivity contribution in [2.24, 2.45) is 0 Å². The molecular weight excluding hydrogens is 288 g/mol. The summed E-state index contributed by atoms with van der Waals surface area (Å²) < 4.78 is 1.08. The number of thiazole rings is 1. The number of rotatable bonds is 2. The maximum absolute atomic E-state index is 9.35. The third kappa shape index (κ3) is 2.57. The molecule has 0 fully saturated rings. The molecule has 0 radical (unpaired) electrons. The molecule has 0 bridgehead atoms. The van der Waals surface area contributed by atoms with E-state index >= 15 is 0 Å². The molecule has 3 aromatic rings. The van der Waals surface area contributed by atoms with Gasteiger partial charge in [-0.3, -0.25) is 0 Å². The molecule has 1 heterocycles. The number of hydrogen-bond acceptors (Lipinski definition) is 3. The van der Waals surface area contributed by atoms with E-state index in [1.54, 1.807) is 0 Å². The Kier molecular flexibility index (Phi) is 3.51. The van der Waals surface area contributed by atoms with Gasteiger partial charge in [-0.2, -0.15) is 5.26 Å². The van der Waals surface area contributed by atoms with Crippen molar-refractivity contribution in [3.8, 4) is 6.07 Å². The van der Waals surface area contributed by atoms with Gasteiger partial charge >= 0.3 is 0 Å². The molecule has 1 aromatic heterocycles. The number of hydrogen-bond donors (Lipinski definition) is 0. The summed E-state index contributed by atoms with van der Waals surface area (Å²) in [6.07, 6.45) is 1.81. The second-order valence-corrected chi connectivity index (χ2v) is 5.68. The molecule has 4 heteroatoms. The first-order valence-corrected chi connectivity index (χ1v) is 7.19. The topological polar surface area (TPSA) is 36.7 Å². The second-order valence-electron chi connectivity index (χ2n) is 4.21. The highest BCUT2D eigenvalue weighted by molar-refractivity contribution is 7.19. The summed E-state index contributed by atoms with van der Waals surface area (Å²) in [7, 11) is 0. The highest BCUT2D eigenvalue weighted by atomic mass is 35.5. The summed E-state index contributed by atoms with van der Waals surface area (Å²) in [6.45, 7) is 0. The van der Waals surface area contributed by atoms with Gasteiger partial charge in [0.2, 0.25) is 0 Å². The van der Waals surface area contributed by atoms with Gasteiger partial charge in [0, 0.05) is 5.02 Å². The van der Waals surface area contributed by atoms with Crippen LogP contribution >= 0.6 is 22.9 Å². The van der Waals surface area contributed by atoms with E-state index in [2.05, 4.69) is 11.1 Å². The zero-order chi connectivity index (χ0) is 13.9. The fourth-order valence-corrected chi connectivity index (χ4v) is 3.02. The van der Waals surface area contributed by atoms with Gasteiger partial charge in [-0.25, -0.2) is 4.98 Å². The quantitative estimate of drug-likeness (QED) is 0.623. The molecule has 0 aliphatic carbocycles. The minimum atomic E-state index is 0.550. The molecule has 0 N–H and O–H groups in total. The zero-order valence-corrected chi connectivity index (χ0v) is 11.9. The molecule has 0 aliphatic rings. The summed E-state index contributed by atoms with van der Waals surface area (Å²) >= 11 is 7.48. The number of aromatic nitrogens is 1. The number of halogens is 1. The number of para-hydroxylation sites is 1. The minimum Gasteiger partial charge on any atom is -0.235 e. The number of allylic oxidation sites excluding steroid dienone is 1. The summed E-state index contributed by atoms with van der Waals surface area (Å²) in [5.74, 6) is 0. The number of fused-ring (bicyclic) bond motifs is 1. The highest BCUT2D eigenvalue weighted by Gasteiger charge is 2.08. The van der Waals surface area contributed by atoms with E-state index in [-0.39, 0.29) is 0 Å². The van der Waals surface area contributed by atoms with Crippen LogP contribution in [0.25, 0.3) is 21.9 Å². The summed E-state index contributed by atoms with van der Waals surface area (Å²) in [6, 6.07) is 17.5. The molecule has 0 saturated carbocycles. The molecule has 0 amide bonds. The van der Waals surface area contributed by atoms with Crippen molar-refractivity contribution in [3.05, 3.63) is 64.1 Å². The molecule has 3 rings (SSSR count). The van der Waals surface area contributed by atoms with Crippen LogP contribution in [-0.4, -0.2) is 4.98 Å². The van der Waals surface area contributed by atoms with Crippen LogP contribution in [0.2, 0.25) is 5.02 Å². The van der Waals surface area contributed by atoms with E-state index in [1.165, 1.54) is 11.3 Å². The van der Waals surface area contributed by atoms with Crippen molar-refractivity contribution in [3.63, 3.8) is 0 Å². The van der Waals surface area contributed by atoms with E-state index < -0.39 is 0 Å². The zero-order valence-electron chi connectivity index (χ0n) is 10.4. The van der Waals surface area contributed by atoms with E-state index in [0.29, 0.717) is 10.6 Å². The van der Waals surface area contributed by atoms with Crippen molar-refractivity contribution >= 4 is 44.8 Å². The van der Waals surface area contributed by atoms with Gasteiger partial charge < -0.3 is 0 Å². The van der Waals surface area contributed by atoms with Crippen LogP contribution in [0.15, 0.2) is 48.5 Å². The highest BCUT2D eigenvalue weighted by Crippen LogP contribution is 2.28. The predicted molar refractivity (Wildman–Crippen MR) is 84.6 cm³/mol. The van der Waals surface area contributed by atoms with Gasteiger partial charge in [0.15, 0.2) is 0 Å². The molecule has 20 heavy (non-hydrogen) atoms. The average Bonchev–Trinajstić information content (AvgIpc) is 2.88. The Morgan fingerprint density at radius 3 is 2.80 bits per heavy atom. The molecule has 0 spiro atoms. The Morgan fingerprint density at radius 1 is 1.20 bits per heavy atom. The summed E-state index contributed by atoms with van der Waals surface area (Å²) in [5, 5.41) is 10.7. The third-order valence-electron chi connectivity index (χ3n) is 2.80. The molecule has 2 nitrogen and oxygen atoms in total. The number of nitriles is 1. The molecule has 96 valence electrons. The van der Waals surface area contributed by atoms with Crippen LogP contribution in [0.4, 0.5) is 0 Å². The Morgan fingerprint density at radius 2 is 2.05 bits per heavy atom. The van der Waals surface area contributed by atoms with Gasteiger partial charge in [-0.1, -0.05) is 35.9 Å². The van der Waals surface area contributed by atoms with Gasteiger partial charge in [0.1, 0.15) is 11.1 Å². The Labute approximate surface area is 125 Å². The largest absolute Gasteiger partial charge is 0.235 e. The van der Waals surface area contributed by atoms with Crippen LogP contribution in [0.1, 0.15) is 10.6 Å². The molecule has 2 aromatic carbocycles. The van der Waals surface area contributed by atoms with Crippen LogP contribution in [-0.2, 0) is 0 Å². The first kappa shape index (κ1) is 12.9. The van der Waals surface area contributed by atoms with Crippen molar-refractivity contribution in [2.75, 3.05) is 0 Å². The smallest absolute Gasteiger partial charge is 0.135 e. The van der Waals surface area contributed by atoms with Gasteiger partial charge in [0.05, 0.1) is 15.8 Å². The van der Waals surface area contributed by atoms with Crippen molar-refractivity contribution in [1.29, 1.82) is 5.26 Å². The molecule has 0 unspecified atom stereocenters. The minimum absolute atomic E-state index is 0.550. The Bertz CT molecular complexity index is 810. The van der Waals surface area contributed by atoms with Crippen LogP contribution in [0.3, 0.4) is 0 Å². The van der Waals surface area contributed by atoms with Crippen molar-refractivity contribution in [2.45, 2.75) is 0 Å². The lowest BCUT2D eigenvalue weighted by Crippen LogP contribution is -1.80. The summed E-state index contributed by atoms with van der Waals surface area (Å²) in [5.41, 5.74) is 2.36. The van der Waals surface area contributed by atoms with Crippen LogP contribution < -0.4 is 0 Å². The van der Waals surface area contributed by atoms with Crippen molar-refractivity contribution in [1.82, 2.24) is 4.98 Å².